The fourth-order valence-corrected chi connectivity index (χ4v) is 3.01. The van der Waals surface area contributed by atoms with Gasteiger partial charge in [-0.15, -0.1) is 16.8 Å². The average Bonchev–Trinajstić information content (AvgIpc) is 2.91. The quantitative estimate of drug-likeness (QED) is 0.587. The molecule has 2 rings (SSSR count). The van der Waals surface area contributed by atoms with E-state index in [2.05, 4.69) is 22.8 Å². The van der Waals surface area contributed by atoms with Gasteiger partial charge in [0.15, 0.2) is 17.1 Å². The Morgan fingerprint density at radius 2 is 2.21 bits per heavy atom. The van der Waals surface area contributed by atoms with E-state index < -0.39 is 5.91 Å². The van der Waals surface area contributed by atoms with Crippen LogP contribution in [-0.2, 0) is 11.3 Å². The van der Waals surface area contributed by atoms with Crippen LogP contribution >= 0.6 is 11.8 Å². The van der Waals surface area contributed by atoms with E-state index >= 15 is 0 Å². The number of amides is 1. The van der Waals surface area contributed by atoms with Crippen molar-refractivity contribution in [3.05, 3.63) is 47.8 Å². The van der Waals surface area contributed by atoms with Gasteiger partial charge in [-0.05, 0) is 32.4 Å². The zero-order chi connectivity index (χ0) is 17.7. The maximum absolute atomic E-state index is 11.0. The predicted octanol–water partition coefficient (Wildman–Crippen LogP) is 2.80. The number of carbonyl (C=O) groups is 1. The molecule has 24 heavy (non-hydrogen) atoms. The molecule has 1 heterocycles. The van der Waals surface area contributed by atoms with Gasteiger partial charge in [0.2, 0.25) is 5.91 Å². The lowest BCUT2D eigenvalue weighted by molar-refractivity contribution is -0.115. The zero-order valence-corrected chi connectivity index (χ0v) is 15.0. The summed E-state index contributed by atoms with van der Waals surface area (Å²) in [7, 11) is 0. The highest BCUT2D eigenvalue weighted by Gasteiger charge is 2.20. The second-order valence-corrected chi connectivity index (χ2v) is 6.47. The number of benzene rings is 1. The molecular weight excluding hydrogens is 324 g/mol. The van der Waals surface area contributed by atoms with Crippen LogP contribution in [0.1, 0.15) is 30.0 Å². The second-order valence-electron chi connectivity index (χ2n) is 5.52. The number of nitrogens with two attached hydrogens (primary N) is 1. The summed E-state index contributed by atoms with van der Waals surface area (Å²) < 4.78 is 7.94. The first-order valence-electron chi connectivity index (χ1n) is 7.61. The van der Waals surface area contributed by atoms with Crippen molar-refractivity contribution in [1.82, 2.24) is 14.8 Å². The molecule has 0 saturated heterocycles. The number of hydrogen-bond acceptors (Lipinski definition) is 5. The van der Waals surface area contributed by atoms with Crippen molar-refractivity contribution in [2.24, 2.45) is 5.73 Å². The maximum atomic E-state index is 11.0. The molecule has 0 spiro atoms. The van der Waals surface area contributed by atoms with Crippen LogP contribution in [0.15, 0.2) is 36.0 Å². The van der Waals surface area contributed by atoms with Crippen LogP contribution in [0.25, 0.3) is 0 Å². The molecule has 0 fully saturated rings. The SMILES string of the molecule is C=CCn1c(SCC(N)=O)nnc1[C@H](C)Oc1ccc(C)cc1C. The molecule has 1 aromatic carbocycles. The van der Waals surface area contributed by atoms with E-state index in [1.807, 2.05) is 37.5 Å². The molecule has 1 aromatic heterocycles. The highest BCUT2D eigenvalue weighted by Crippen LogP contribution is 2.27. The third kappa shape index (κ3) is 4.38. The van der Waals surface area contributed by atoms with Gasteiger partial charge in [0.1, 0.15) is 5.75 Å². The number of nitrogens with zero attached hydrogens (tertiary/aromatic N) is 3. The van der Waals surface area contributed by atoms with Crippen LogP contribution in [0.2, 0.25) is 0 Å². The monoisotopic (exact) mass is 346 g/mol. The largest absolute Gasteiger partial charge is 0.482 e. The van der Waals surface area contributed by atoms with Crippen LogP contribution in [0.3, 0.4) is 0 Å². The van der Waals surface area contributed by atoms with Gasteiger partial charge in [0.05, 0.1) is 5.75 Å². The molecule has 0 aliphatic heterocycles. The third-order valence-electron chi connectivity index (χ3n) is 3.40. The van der Waals surface area contributed by atoms with Crippen molar-refractivity contribution >= 4 is 17.7 Å². The molecule has 6 nitrogen and oxygen atoms in total. The number of primary amides is 1. The zero-order valence-electron chi connectivity index (χ0n) is 14.2. The minimum Gasteiger partial charge on any atom is -0.482 e. The average molecular weight is 346 g/mol. The number of aromatic nitrogens is 3. The summed E-state index contributed by atoms with van der Waals surface area (Å²) in [6.07, 6.45) is 1.46. The van der Waals surface area contributed by atoms with E-state index in [1.54, 1.807) is 6.08 Å². The lowest BCUT2D eigenvalue weighted by Gasteiger charge is -2.17. The van der Waals surface area contributed by atoms with Crippen molar-refractivity contribution in [3.8, 4) is 5.75 Å². The Kier molecular flexibility index (Phi) is 6.03. The van der Waals surface area contributed by atoms with E-state index in [4.69, 9.17) is 10.5 Å². The summed E-state index contributed by atoms with van der Waals surface area (Å²) in [5.41, 5.74) is 7.46. The summed E-state index contributed by atoms with van der Waals surface area (Å²) >= 11 is 1.26. The van der Waals surface area contributed by atoms with Crippen LogP contribution in [0.5, 0.6) is 5.75 Å². The van der Waals surface area contributed by atoms with Gasteiger partial charge in [0, 0.05) is 6.54 Å². The Bertz CT molecular complexity index is 742. The number of rotatable bonds is 8. The number of allylic oxidation sites excluding steroid dienone is 1. The molecule has 2 N–H and O–H groups in total. The molecule has 1 atom stereocenters. The summed E-state index contributed by atoms with van der Waals surface area (Å²) in [5.74, 6) is 1.26. The van der Waals surface area contributed by atoms with Crippen molar-refractivity contribution in [3.63, 3.8) is 0 Å². The Morgan fingerprint density at radius 3 is 2.83 bits per heavy atom. The summed E-state index contributed by atoms with van der Waals surface area (Å²) in [4.78, 5) is 11.0. The van der Waals surface area contributed by atoms with E-state index in [0.29, 0.717) is 17.5 Å². The van der Waals surface area contributed by atoms with Gasteiger partial charge >= 0.3 is 0 Å². The predicted molar refractivity (Wildman–Crippen MR) is 95.1 cm³/mol. The number of ether oxygens (including phenoxy) is 1. The first-order chi connectivity index (χ1) is 11.4. The number of carbonyl (C=O) groups excluding carboxylic acids is 1. The molecule has 0 aliphatic carbocycles. The fraction of sp³-hybridized carbons (Fsp3) is 0.353. The van der Waals surface area contributed by atoms with Crippen molar-refractivity contribution in [2.75, 3.05) is 5.75 Å². The molecule has 0 aliphatic rings. The summed E-state index contributed by atoms with van der Waals surface area (Å²) in [6, 6.07) is 6.04. The van der Waals surface area contributed by atoms with Crippen LogP contribution in [0, 0.1) is 13.8 Å². The van der Waals surface area contributed by atoms with E-state index in [0.717, 1.165) is 11.3 Å². The van der Waals surface area contributed by atoms with Crippen LogP contribution in [0.4, 0.5) is 0 Å². The van der Waals surface area contributed by atoms with Crippen LogP contribution < -0.4 is 10.5 Å². The molecule has 0 unspecified atom stereocenters. The van der Waals surface area contributed by atoms with E-state index in [9.17, 15) is 4.79 Å². The normalized spacial score (nSPS) is 12.0. The lowest BCUT2D eigenvalue weighted by Crippen LogP contribution is -2.15. The number of aryl methyl sites for hydroxylation is 2. The molecule has 2 aromatic rings. The standard InChI is InChI=1S/C17H22N4O2S/c1-5-8-21-16(19-20-17(21)24-10-15(18)22)13(4)23-14-7-6-11(2)9-12(14)3/h5-7,9,13H,1,8,10H2,2-4H3,(H2,18,22)/t13-/m0/s1. The highest BCUT2D eigenvalue weighted by atomic mass is 32.2. The Balaban J connectivity index is 2.22. The molecule has 0 bridgehead atoms. The molecule has 7 heteroatoms. The maximum Gasteiger partial charge on any atom is 0.227 e. The molecule has 128 valence electrons. The van der Waals surface area contributed by atoms with Gasteiger partial charge in [-0.25, -0.2) is 0 Å². The first-order valence-corrected chi connectivity index (χ1v) is 8.60. The summed E-state index contributed by atoms with van der Waals surface area (Å²) in [6.45, 7) is 10.3. The van der Waals surface area contributed by atoms with Gasteiger partial charge in [-0.2, -0.15) is 0 Å². The second kappa shape index (κ2) is 8.01. The van der Waals surface area contributed by atoms with E-state index in [-0.39, 0.29) is 11.9 Å². The molecule has 1 amide bonds. The fourth-order valence-electron chi connectivity index (χ4n) is 2.32. The Labute approximate surface area is 146 Å². The Hall–Kier alpha value is -2.28. The minimum absolute atomic E-state index is 0.154. The summed E-state index contributed by atoms with van der Waals surface area (Å²) in [5, 5.41) is 8.99. The lowest BCUT2D eigenvalue weighted by atomic mass is 10.1. The van der Waals surface area contributed by atoms with Crippen molar-refractivity contribution in [1.29, 1.82) is 0 Å². The van der Waals surface area contributed by atoms with Crippen LogP contribution in [-0.4, -0.2) is 26.4 Å². The highest BCUT2D eigenvalue weighted by molar-refractivity contribution is 7.99. The van der Waals surface area contributed by atoms with Gasteiger partial charge < -0.3 is 10.5 Å². The molecule has 0 saturated carbocycles. The van der Waals surface area contributed by atoms with Gasteiger partial charge in [-0.3, -0.25) is 9.36 Å². The molecular formula is C17H22N4O2S. The topological polar surface area (TPSA) is 83.0 Å². The van der Waals surface area contributed by atoms with Gasteiger partial charge in [0.25, 0.3) is 0 Å². The van der Waals surface area contributed by atoms with Crippen molar-refractivity contribution < 1.29 is 9.53 Å². The Morgan fingerprint density at radius 1 is 1.46 bits per heavy atom. The van der Waals surface area contributed by atoms with Gasteiger partial charge in [-0.1, -0.05) is 35.5 Å². The third-order valence-corrected chi connectivity index (χ3v) is 4.39. The minimum atomic E-state index is -0.394. The number of hydrogen-bond donors (Lipinski definition) is 1. The van der Waals surface area contributed by atoms with E-state index in [1.165, 1.54) is 17.3 Å². The smallest absolute Gasteiger partial charge is 0.227 e. The van der Waals surface area contributed by atoms with Crippen molar-refractivity contribution in [2.45, 2.75) is 38.6 Å². The first kappa shape index (κ1) is 18.1. The molecule has 0 radical (unpaired) electrons. The number of thioether (sulfide) groups is 1.